The van der Waals surface area contributed by atoms with E-state index in [2.05, 4.69) is 20.5 Å². The van der Waals surface area contributed by atoms with Crippen molar-refractivity contribution in [2.45, 2.75) is 44.4 Å². The van der Waals surface area contributed by atoms with E-state index in [0.29, 0.717) is 43.5 Å². The molecule has 0 bridgehead atoms. The van der Waals surface area contributed by atoms with Gasteiger partial charge in [-0.25, -0.2) is 0 Å². The van der Waals surface area contributed by atoms with Gasteiger partial charge in [0.15, 0.2) is 0 Å². The number of methoxy groups -OCH3 is 1. The fourth-order valence-electron chi connectivity index (χ4n) is 3.51. The minimum Gasteiger partial charge on any atom is -0.496 e. The van der Waals surface area contributed by atoms with E-state index in [1.54, 1.807) is 30.6 Å². The van der Waals surface area contributed by atoms with Crippen LogP contribution in [-0.4, -0.2) is 41.1 Å². The average Bonchev–Trinajstić information content (AvgIpc) is 2.78. The average molecular weight is 428 g/mol. The Morgan fingerprint density at radius 2 is 1.97 bits per heavy atom. The van der Waals surface area contributed by atoms with Crippen LogP contribution in [0.4, 0.5) is 0 Å². The van der Waals surface area contributed by atoms with E-state index < -0.39 is 11.2 Å². The molecule has 1 aromatic carbocycles. The standard InChI is InChI=1S/C21H24N4O6/c1-30-19-9-4-15(11-18(19)21(27)23-13-14-3-2-10-22-12-14)20(26)24-16-5-7-17(8-6-16)31-25(28)29/h2-4,9-12,16-17H,5-8,13H2,1H3,(H,23,27)(H,24,26)/t16-,17-. The van der Waals surface area contributed by atoms with Crippen LogP contribution in [0, 0.1) is 10.1 Å². The highest BCUT2D eigenvalue weighted by atomic mass is 17.0. The molecule has 1 aliphatic rings. The van der Waals surface area contributed by atoms with Crippen LogP contribution in [0.3, 0.4) is 0 Å². The highest BCUT2D eigenvalue weighted by Gasteiger charge is 2.25. The second-order valence-corrected chi connectivity index (χ2v) is 7.24. The van der Waals surface area contributed by atoms with Crippen molar-refractivity contribution < 1.29 is 24.3 Å². The largest absolute Gasteiger partial charge is 0.496 e. The lowest BCUT2D eigenvalue weighted by Crippen LogP contribution is -2.39. The van der Waals surface area contributed by atoms with Crippen molar-refractivity contribution in [3.63, 3.8) is 0 Å². The Balaban J connectivity index is 1.62. The molecule has 0 spiro atoms. The summed E-state index contributed by atoms with van der Waals surface area (Å²) in [6.45, 7) is 0.293. The molecule has 1 aromatic heterocycles. The van der Waals surface area contributed by atoms with E-state index in [0.717, 1.165) is 5.56 Å². The predicted octanol–water partition coefficient (Wildman–Crippen LogP) is 2.27. The van der Waals surface area contributed by atoms with Crippen LogP contribution in [-0.2, 0) is 11.4 Å². The van der Waals surface area contributed by atoms with Gasteiger partial charge in [-0.3, -0.25) is 14.6 Å². The predicted molar refractivity (Wildman–Crippen MR) is 110 cm³/mol. The van der Waals surface area contributed by atoms with Gasteiger partial charge >= 0.3 is 0 Å². The van der Waals surface area contributed by atoms with Gasteiger partial charge in [-0.2, -0.15) is 0 Å². The lowest BCUT2D eigenvalue weighted by molar-refractivity contribution is -0.769. The number of hydrogen-bond acceptors (Lipinski definition) is 7. The number of amides is 2. The lowest BCUT2D eigenvalue weighted by atomic mass is 9.93. The molecule has 10 nitrogen and oxygen atoms in total. The zero-order valence-corrected chi connectivity index (χ0v) is 17.1. The van der Waals surface area contributed by atoms with Crippen molar-refractivity contribution in [1.29, 1.82) is 0 Å². The molecular formula is C21H24N4O6. The molecule has 0 saturated heterocycles. The summed E-state index contributed by atoms with van der Waals surface area (Å²) in [4.78, 5) is 44.4. The third-order valence-electron chi connectivity index (χ3n) is 5.13. The summed E-state index contributed by atoms with van der Waals surface area (Å²) in [5.74, 6) is -0.326. The summed E-state index contributed by atoms with van der Waals surface area (Å²) in [6, 6.07) is 8.19. The normalized spacial score (nSPS) is 18.0. The van der Waals surface area contributed by atoms with Gasteiger partial charge in [-0.1, -0.05) is 6.07 Å². The Bertz CT molecular complexity index is 929. The van der Waals surface area contributed by atoms with Crippen molar-refractivity contribution in [3.05, 3.63) is 69.5 Å². The summed E-state index contributed by atoms with van der Waals surface area (Å²) in [6.07, 6.45) is 5.04. The maximum atomic E-state index is 12.7. The van der Waals surface area contributed by atoms with Crippen molar-refractivity contribution in [2.75, 3.05) is 7.11 Å². The van der Waals surface area contributed by atoms with Gasteiger partial charge in [0, 0.05) is 30.5 Å². The third-order valence-corrected chi connectivity index (χ3v) is 5.13. The quantitative estimate of drug-likeness (QED) is 0.487. The molecule has 0 aliphatic heterocycles. The first kappa shape index (κ1) is 22.0. The second kappa shape index (κ2) is 10.4. The highest BCUT2D eigenvalue weighted by molar-refractivity contribution is 6.01. The third kappa shape index (κ3) is 6.14. The van der Waals surface area contributed by atoms with Crippen molar-refractivity contribution >= 4 is 11.8 Å². The number of ether oxygens (including phenoxy) is 1. The number of benzene rings is 1. The number of nitrogens with one attached hydrogen (secondary N) is 2. The molecule has 2 aromatic rings. The Kier molecular flexibility index (Phi) is 7.36. The van der Waals surface area contributed by atoms with E-state index in [9.17, 15) is 19.7 Å². The zero-order valence-electron chi connectivity index (χ0n) is 17.1. The lowest BCUT2D eigenvalue weighted by Gasteiger charge is -2.27. The number of nitrogens with zero attached hydrogens (tertiary/aromatic N) is 2. The van der Waals surface area contributed by atoms with Gasteiger partial charge in [0.2, 0.25) is 0 Å². The SMILES string of the molecule is COc1ccc(C(=O)N[C@H]2CC[C@H](O[N+](=O)[O-])CC2)cc1C(=O)NCc1cccnc1. The van der Waals surface area contributed by atoms with E-state index >= 15 is 0 Å². The minimum atomic E-state index is -0.776. The maximum Gasteiger partial charge on any atom is 0.294 e. The van der Waals surface area contributed by atoms with E-state index in [1.807, 2.05) is 6.07 Å². The molecule has 164 valence electrons. The molecular weight excluding hydrogens is 404 g/mol. The Morgan fingerprint density at radius 1 is 1.19 bits per heavy atom. The van der Waals surface area contributed by atoms with Gasteiger partial charge < -0.3 is 20.2 Å². The fourth-order valence-corrected chi connectivity index (χ4v) is 3.51. The molecule has 1 saturated carbocycles. The number of rotatable bonds is 8. The molecule has 0 atom stereocenters. The molecule has 2 N–H and O–H groups in total. The minimum absolute atomic E-state index is 0.107. The van der Waals surface area contributed by atoms with Crippen molar-refractivity contribution in [3.8, 4) is 5.75 Å². The molecule has 31 heavy (non-hydrogen) atoms. The number of carbonyl (C=O) groups is 2. The van der Waals surface area contributed by atoms with Gasteiger partial charge in [0.05, 0.1) is 12.7 Å². The molecule has 1 aliphatic carbocycles. The fraction of sp³-hybridized carbons (Fsp3) is 0.381. The summed E-state index contributed by atoms with van der Waals surface area (Å²) >= 11 is 0. The summed E-state index contributed by atoms with van der Waals surface area (Å²) < 4.78 is 5.27. The molecule has 0 unspecified atom stereocenters. The number of hydrogen-bond donors (Lipinski definition) is 2. The summed E-state index contributed by atoms with van der Waals surface area (Å²) in [5.41, 5.74) is 1.43. The molecule has 2 amide bonds. The topological polar surface area (TPSA) is 133 Å². The molecule has 1 heterocycles. The first-order valence-corrected chi connectivity index (χ1v) is 9.93. The van der Waals surface area contributed by atoms with Crippen molar-refractivity contribution in [2.24, 2.45) is 0 Å². The van der Waals surface area contributed by atoms with Crippen LogP contribution >= 0.6 is 0 Å². The van der Waals surface area contributed by atoms with Crippen LogP contribution < -0.4 is 15.4 Å². The summed E-state index contributed by atoms with van der Waals surface area (Å²) in [5, 5.41) is 15.4. The van der Waals surface area contributed by atoms with E-state index in [4.69, 9.17) is 4.74 Å². The molecule has 10 heteroatoms. The number of pyridine rings is 1. The van der Waals surface area contributed by atoms with Gasteiger partial charge in [0.25, 0.3) is 16.9 Å². The first-order valence-electron chi connectivity index (χ1n) is 9.93. The monoisotopic (exact) mass is 428 g/mol. The van der Waals surface area contributed by atoms with E-state index in [-0.39, 0.29) is 23.4 Å². The Morgan fingerprint density at radius 3 is 2.61 bits per heavy atom. The Hall–Kier alpha value is -3.69. The number of aromatic nitrogens is 1. The van der Waals surface area contributed by atoms with Crippen LogP contribution in [0.5, 0.6) is 5.75 Å². The Labute approximate surface area is 179 Å². The number of carbonyl (C=O) groups excluding carboxylic acids is 2. The van der Waals surface area contributed by atoms with Crippen LogP contribution in [0.1, 0.15) is 52.0 Å². The van der Waals surface area contributed by atoms with Crippen molar-refractivity contribution in [1.82, 2.24) is 15.6 Å². The smallest absolute Gasteiger partial charge is 0.294 e. The van der Waals surface area contributed by atoms with Crippen LogP contribution in [0.25, 0.3) is 0 Å². The molecule has 1 fully saturated rings. The van der Waals surface area contributed by atoms with E-state index in [1.165, 1.54) is 13.2 Å². The summed E-state index contributed by atoms with van der Waals surface area (Å²) in [7, 11) is 1.46. The van der Waals surface area contributed by atoms with Gasteiger partial charge in [-0.15, -0.1) is 10.1 Å². The van der Waals surface area contributed by atoms with Gasteiger partial charge in [-0.05, 0) is 55.5 Å². The first-order chi connectivity index (χ1) is 15.0. The molecule has 0 radical (unpaired) electrons. The second-order valence-electron chi connectivity index (χ2n) is 7.24. The van der Waals surface area contributed by atoms with Crippen LogP contribution in [0.2, 0.25) is 0 Å². The molecule has 3 rings (SSSR count). The van der Waals surface area contributed by atoms with Crippen LogP contribution in [0.15, 0.2) is 42.7 Å². The zero-order chi connectivity index (χ0) is 22.2. The van der Waals surface area contributed by atoms with Gasteiger partial charge in [0.1, 0.15) is 11.9 Å². The highest BCUT2D eigenvalue weighted by Crippen LogP contribution is 2.23. The maximum absolute atomic E-state index is 12.7.